The van der Waals surface area contributed by atoms with Gasteiger partial charge in [0.25, 0.3) is 0 Å². The van der Waals surface area contributed by atoms with Crippen molar-refractivity contribution in [2.45, 2.75) is 25.0 Å². The maximum Gasteiger partial charge on any atom is 0.241 e. The van der Waals surface area contributed by atoms with E-state index >= 15 is 0 Å². The molecule has 0 atom stereocenters. The molecule has 2 N–H and O–H groups in total. The van der Waals surface area contributed by atoms with Crippen LogP contribution in [0.3, 0.4) is 0 Å². The van der Waals surface area contributed by atoms with E-state index in [1.165, 1.54) is 6.07 Å². The molecule has 0 fully saturated rings. The number of hydrogen-bond acceptors (Lipinski definition) is 3. The third kappa shape index (κ3) is 3.71. The van der Waals surface area contributed by atoms with Gasteiger partial charge in [0, 0.05) is 11.0 Å². The van der Waals surface area contributed by atoms with Crippen LogP contribution in [0, 0.1) is 6.92 Å². The Labute approximate surface area is 133 Å². The van der Waals surface area contributed by atoms with Gasteiger partial charge in [0.15, 0.2) is 0 Å². The molecule has 0 unspecified atom stereocenters. The molecule has 0 saturated heterocycles. The minimum absolute atomic E-state index is 0.181. The van der Waals surface area contributed by atoms with Gasteiger partial charge in [-0.25, -0.2) is 13.1 Å². The zero-order valence-electron chi connectivity index (χ0n) is 11.5. The van der Waals surface area contributed by atoms with Gasteiger partial charge in [-0.05, 0) is 35.7 Å². The van der Waals surface area contributed by atoms with Crippen LogP contribution in [-0.2, 0) is 23.2 Å². The third-order valence-electron chi connectivity index (χ3n) is 3.27. The summed E-state index contributed by atoms with van der Waals surface area (Å²) in [5.74, 6) is 0. The summed E-state index contributed by atoms with van der Waals surface area (Å²) < 4.78 is 28.2. The number of aliphatic hydroxyl groups is 1. The fraction of sp³-hybridized carbons (Fsp3) is 0.200. The highest BCUT2D eigenvalue weighted by atomic mass is 79.9. The lowest BCUT2D eigenvalue weighted by molar-refractivity contribution is 0.280. The summed E-state index contributed by atoms with van der Waals surface area (Å²) in [7, 11) is -3.62. The number of nitrogens with one attached hydrogen (secondary N) is 1. The van der Waals surface area contributed by atoms with Gasteiger partial charge in [0.05, 0.1) is 11.5 Å². The molecule has 0 heterocycles. The van der Waals surface area contributed by atoms with Gasteiger partial charge in [0.1, 0.15) is 0 Å². The van der Waals surface area contributed by atoms with E-state index in [0.29, 0.717) is 11.1 Å². The molecule has 2 aromatic rings. The molecular weight excluding hydrogens is 354 g/mol. The highest BCUT2D eigenvalue weighted by Gasteiger charge is 2.18. The maximum atomic E-state index is 12.4. The zero-order chi connectivity index (χ0) is 15.5. The summed E-state index contributed by atoms with van der Waals surface area (Å²) in [4.78, 5) is 0.195. The molecule has 4 nitrogen and oxygen atoms in total. The minimum atomic E-state index is -3.62. The monoisotopic (exact) mass is 369 g/mol. The van der Waals surface area contributed by atoms with Crippen LogP contribution in [0.2, 0.25) is 0 Å². The molecule has 2 aromatic carbocycles. The zero-order valence-corrected chi connectivity index (χ0v) is 13.9. The standard InChI is InChI=1S/C15H16BrNO3S/c1-11-13(10-18)6-4-8-15(11)21(19,20)17-9-12-5-2-3-7-14(12)16/h2-8,17-18H,9-10H2,1H3. The van der Waals surface area contributed by atoms with Crippen LogP contribution in [0.1, 0.15) is 16.7 Å². The maximum absolute atomic E-state index is 12.4. The quantitative estimate of drug-likeness (QED) is 0.851. The summed E-state index contributed by atoms with van der Waals surface area (Å²) in [5, 5.41) is 9.23. The number of sulfonamides is 1. The SMILES string of the molecule is Cc1c(CO)cccc1S(=O)(=O)NCc1ccccc1Br. The average molecular weight is 370 g/mol. The Morgan fingerprint density at radius 1 is 1.10 bits per heavy atom. The van der Waals surface area contributed by atoms with Crippen molar-refractivity contribution in [1.82, 2.24) is 4.72 Å². The van der Waals surface area contributed by atoms with Crippen LogP contribution >= 0.6 is 15.9 Å². The second-order valence-corrected chi connectivity index (χ2v) is 7.20. The molecule has 112 valence electrons. The van der Waals surface area contributed by atoms with Gasteiger partial charge in [-0.15, -0.1) is 0 Å². The van der Waals surface area contributed by atoms with Crippen LogP contribution in [0.25, 0.3) is 0 Å². The molecule has 0 spiro atoms. The fourth-order valence-electron chi connectivity index (χ4n) is 2.01. The molecule has 21 heavy (non-hydrogen) atoms. The molecule has 0 saturated carbocycles. The lowest BCUT2D eigenvalue weighted by Crippen LogP contribution is -2.24. The van der Waals surface area contributed by atoms with E-state index < -0.39 is 10.0 Å². The first-order valence-electron chi connectivity index (χ1n) is 6.38. The molecule has 0 aliphatic carbocycles. The Kier molecular flexibility index (Phi) is 5.16. The van der Waals surface area contributed by atoms with Crippen LogP contribution < -0.4 is 4.72 Å². The Hall–Kier alpha value is -1.21. The number of halogens is 1. The van der Waals surface area contributed by atoms with Crippen LogP contribution in [-0.4, -0.2) is 13.5 Å². The van der Waals surface area contributed by atoms with E-state index in [1.54, 1.807) is 19.1 Å². The van der Waals surface area contributed by atoms with E-state index in [4.69, 9.17) is 0 Å². The molecule has 0 bridgehead atoms. The first-order valence-corrected chi connectivity index (χ1v) is 8.65. The number of aliphatic hydroxyl groups excluding tert-OH is 1. The molecule has 0 radical (unpaired) electrons. The fourth-order valence-corrected chi connectivity index (χ4v) is 3.73. The van der Waals surface area contributed by atoms with Gasteiger partial charge in [-0.3, -0.25) is 0 Å². The Bertz CT molecular complexity index is 744. The Balaban J connectivity index is 2.26. The Morgan fingerprint density at radius 3 is 2.43 bits per heavy atom. The molecule has 0 aliphatic heterocycles. The lowest BCUT2D eigenvalue weighted by Gasteiger charge is -2.12. The van der Waals surface area contributed by atoms with Gasteiger partial charge >= 0.3 is 0 Å². The second-order valence-electron chi connectivity index (χ2n) is 4.61. The van der Waals surface area contributed by atoms with Gasteiger partial charge in [-0.2, -0.15) is 0 Å². The molecular formula is C15H16BrNO3S. The third-order valence-corrected chi connectivity index (χ3v) is 5.59. The largest absolute Gasteiger partial charge is 0.392 e. The predicted octanol–water partition coefficient (Wildman–Crippen LogP) is 2.73. The molecule has 6 heteroatoms. The first-order chi connectivity index (χ1) is 9.95. The average Bonchev–Trinajstić information content (AvgIpc) is 2.46. The van der Waals surface area contributed by atoms with E-state index in [0.717, 1.165) is 10.0 Å². The van der Waals surface area contributed by atoms with E-state index in [1.807, 2.05) is 24.3 Å². The van der Waals surface area contributed by atoms with Crippen molar-refractivity contribution in [2.75, 3.05) is 0 Å². The molecule has 2 rings (SSSR count). The van der Waals surface area contributed by atoms with Crippen molar-refractivity contribution in [3.8, 4) is 0 Å². The predicted molar refractivity (Wildman–Crippen MR) is 85.3 cm³/mol. The van der Waals surface area contributed by atoms with Crippen molar-refractivity contribution in [3.05, 3.63) is 63.6 Å². The molecule has 0 aromatic heterocycles. The highest BCUT2D eigenvalue weighted by Crippen LogP contribution is 2.20. The smallest absolute Gasteiger partial charge is 0.241 e. The minimum Gasteiger partial charge on any atom is -0.392 e. The molecule has 0 aliphatic rings. The van der Waals surface area contributed by atoms with Crippen molar-refractivity contribution in [3.63, 3.8) is 0 Å². The first kappa shape index (κ1) is 16.2. The lowest BCUT2D eigenvalue weighted by atomic mass is 10.1. The summed E-state index contributed by atoms with van der Waals surface area (Å²) in [5.41, 5.74) is 2.04. The van der Waals surface area contributed by atoms with Gasteiger partial charge in [0.2, 0.25) is 10.0 Å². The summed E-state index contributed by atoms with van der Waals surface area (Å²) in [6.45, 7) is 1.71. The normalized spacial score (nSPS) is 11.6. The van der Waals surface area contributed by atoms with E-state index in [9.17, 15) is 13.5 Å². The van der Waals surface area contributed by atoms with Gasteiger partial charge < -0.3 is 5.11 Å². The van der Waals surface area contributed by atoms with E-state index in [-0.39, 0.29) is 18.0 Å². The number of benzene rings is 2. The topological polar surface area (TPSA) is 66.4 Å². The van der Waals surface area contributed by atoms with Gasteiger partial charge in [-0.1, -0.05) is 46.3 Å². The van der Waals surface area contributed by atoms with Crippen LogP contribution in [0.4, 0.5) is 0 Å². The number of rotatable bonds is 5. The van der Waals surface area contributed by atoms with Crippen molar-refractivity contribution < 1.29 is 13.5 Å². The van der Waals surface area contributed by atoms with Crippen molar-refractivity contribution in [1.29, 1.82) is 0 Å². The van der Waals surface area contributed by atoms with Crippen molar-refractivity contribution in [2.24, 2.45) is 0 Å². The van der Waals surface area contributed by atoms with Crippen LogP contribution in [0.15, 0.2) is 51.8 Å². The van der Waals surface area contributed by atoms with E-state index in [2.05, 4.69) is 20.7 Å². The summed E-state index contributed by atoms with van der Waals surface area (Å²) in [6.07, 6.45) is 0. The summed E-state index contributed by atoms with van der Waals surface area (Å²) >= 11 is 3.39. The second kappa shape index (κ2) is 6.70. The van der Waals surface area contributed by atoms with Crippen LogP contribution in [0.5, 0.6) is 0 Å². The summed E-state index contributed by atoms with van der Waals surface area (Å²) in [6, 6.07) is 12.3. The number of hydrogen-bond donors (Lipinski definition) is 2. The highest BCUT2D eigenvalue weighted by molar-refractivity contribution is 9.10. The van der Waals surface area contributed by atoms with Crippen molar-refractivity contribution >= 4 is 26.0 Å². The Morgan fingerprint density at radius 2 is 1.76 bits per heavy atom. The molecule has 0 amide bonds.